The Bertz CT molecular complexity index is 770. The van der Waals surface area contributed by atoms with E-state index >= 15 is 0 Å². The number of nitrogens with one attached hydrogen (secondary N) is 2. The molecule has 6 heteroatoms. The average Bonchev–Trinajstić information content (AvgIpc) is 2.43. The first-order valence-electron chi connectivity index (χ1n) is 6.51. The van der Waals surface area contributed by atoms with Crippen LogP contribution in [0.3, 0.4) is 0 Å². The van der Waals surface area contributed by atoms with Crippen molar-refractivity contribution in [3.05, 3.63) is 47.5 Å². The summed E-state index contributed by atoms with van der Waals surface area (Å²) >= 11 is 0. The van der Waals surface area contributed by atoms with E-state index in [4.69, 9.17) is 5.73 Å². The fraction of sp³-hybridized carbons (Fsp3) is 0.200. The van der Waals surface area contributed by atoms with E-state index in [0.29, 0.717) is 0 Å². The zero-order valence-corrected chi connectivity index (χ0v) is 13.1. The van der Waals surface area contributed by atoms with E-state index in [9.17, 15) is 8.42 Å². The molecule has 5 nitrogen and oxygen atoms in total. The van der Waals surface area contributed by atoms with Gasteiger partial charge in [-0.15, -0.1) is 0 Å². The predicted molar refractivity (Wildman–Crippen MR) is 86.3 cm³/mol. The van der Waals surface area contributed by atoms with Crippen molar-refractivity contribution in [2.45, 2.75) is 18.7 Å². The van der Waals surface area contributed by atoms with Crippen LogP contribution in [0.2, 0.25) is 0 Å². The minimum atomic E-state index is -3.54. The molecule has 0 radical (unpaired) electrons. The van der Waals surface area contributed by atoms with Gasteiger partial charge in [0.15, 0.2) is 0 Å². The Morgan fingerprint density at radius 1 is 1.05 bits per heavy atom. The number of hydrogen-bond acceptors (Lipinski definition) is 4. The third-order valence-electron chi connectivity index (χ3n) is 3.24. The molecule has 0 aromatic heterocycles. The Kier molecular flexibility index (Phi) is 4.20. The molecule has 0 amide bonds. The predicted octanol–water partition coefficient (Wildman–Crippen LogP) is 2.54. The Morgan fingerprint density at radius 2 is 1.76 bits per heavy atom. The van der Waals surface area contributed by atoms with Gasteiger partial charge in [0.25, 0.3) is 0 Å². The first-order chi connectivity index (χ1) is 9.83. The molecule has 2 aromatic rings. The van der Waals surface area contributed by atoms with Gasteiger partial charge in [0, 0.05) is 11.4 Å². The summed E-state index contributed by atoms with van der Waals surface area (Å²) in [6.45, 7) is 4.02. The van der Waals surface area contributed by atoms with Gasteiger partial charge in [-0.2, -0.15) is 0 Å². The molecule has 112 valence electrons. The van der Waals surface area contributed by atoms with Crippen molar-refractivity contribution in [2.75, 3.05) is 18.1 Å². The summed E-state index contributed by atoms with van der Waals surface area (Å²) < 4.78 is 25.8. The molecule has 0 aliphatic carbocycles. The van der Waals surface area contributed by atoms with Crippen LogP contribution in [0.15, 0.2) is 41.3 Å². The van der Waals surface area contributed by atoms with Crippen LogP contribution in [0, 0.1) is 13.8 Å². The van der Waals surface area contributed by atoms with Gasteiger partial charge in [-0.05, 0) is 56.3 Å². The van der Waals surface area contributed by atoms with Gasteiger partial charge < -0.3 is 11.1 Å². The molecular formula is C15H19N3O2S. The minimum absolute atomic E-state index is 0.0801. The van der Waals surface area contributed by atoms with Gasteiger partial charge in [0.1, 0.15) is 4.90 Å². The Morgan fingerprint density at radius 3 is 2.38 bits per heavy atom. The van der Waals surface area contributed by atoms with E-state index < -0.39 is 10.0 Å². The maximum Gasteiger partial charge on any atom is 0.242 e. The van der Waals surface area contributed by atoms with Crippen molar-refractivity contribution in [1.82, 2.24) is 4.72 Å². The number of rotatable bonds is 4. The summed E-state index contributed by atoms with van der Waals surface area (Å²) in [5.41, 5.74) is 10.0. The standard InChI is InChI=1S/C15H19N3O2S/c1-10-4-5-11(2)14(8-10)18-12-6-7-15(13(16)9-12)21(19,20)17-3/h4-9,17-18H,16H2,1-3H3. The highest BCUT2D eigenvalue weighted by atomic mass is 32.2. The van der Waals surface area contributed by atoms with E-state index in [0.717, 1.165) is 22.5 Å². The Labute approximate surface area is 125 Å². The van der Waals surface area contributed by atoms with E-state index in [1.54, 1.807) is 12.1 Å². The van der Waals surface area contributed by atoms with Crippen LogP contribution >= 0.6 is 0 Å². The first-order valence-corrected chi connectivity index (χ1v) is 7.99. The lowest BCUT2D eigenvalue weighted by Gasteiger charge is -2.13. The number of anilines is 3. The van der Waals surface area contributed by atoms with Crippen molar-refractivity contribution in [3.8, 4) is 0 Å². The van der Waals surface area contributed by atoms with Crippen molar-refractivity contribution >= 4 is 27.1 Å². The second kappa shape index (κ2) is 5.75. The molecule has 0 aliphatic heterocycles. The van der Waals surface area contributed by atoms with E-state index in [-0.39, 0.29) is 10.6 Å². The number of benzene rings is 2. The molecule has 0 aliphatic rings. The normalized spacial score (nSPS) is 11.4. The van der Waals surface area contributed by atoms with E-state index in [1.807, 2.05) is 32.0 Å². The largest absolute Gasteiger partial charge is 0.398 e. The molecule has 2 aromatic carbocycles. The molecule has 0 heterocycles. The van der Waals surface area contributed by atoms with Crippen molar-refractivity contribution in [1.29, 1.82) is 0 Å². The quantitative estimate of drug-likeness (QED) is 0.758. The van der Waals surface area contributed by atoms with Crippen LogP contribution < -0.4 is 15.8 Å². The van der Waals surface area contributed by atoms with E-state index in [1.165, 1.54) is 13.1 Å². The minimum Gasteiger partial charge on any atom is -0.398 e. The smallest absolute Gasteiger partial charge is 0.242 e. The average molecular weight is 305 g/mol. The lowest BCUT2D eigenvalue weighted by Crippen LogP contribution is -2.19. The van der Waals surface area contributed by atoms with Crippen LogP contribution in [0.25, 0.3) is 0 Å². The molecule has 0 bridgehead atoms. The fourth-order valence-electron chi connectivity index (χ4n) is 2.01. The maximum atomic E-state index is 11.8. The van der Waals surface area contributed by atoms with Crippen LogP contribution in [-0.2, 0) is 10.0 Å². The third-order valence-corrected chi connectivity index (χ3v) is 4.73. The molecule has 0 saturated carbocycles. The van der Waals surface area contributed by atoms with Crippen LogP contribution in [-0.4, -0.2) is 15.5 Å². The number of nitrogen functional groups attached to an aromatic ring is 1. The maximum absolute atomic E-state index is 11.8. The summed E-state index contributed by atoms with van der Waals surface area (Å²) in [7, 11) is -2.18. The van der Waals surface area contributed by atoms with Gasteiger partial charge in [0.05, 0.1) is 5.69 Å². The van der Waals surface area contributed by atoms with Crippen LogP contribution in [0.4, 0.5) is 17.1 Å². The highest BCUT2D eigenvalue weighted by Gasteiger charge is 2.15. The number of aryl methyl sites for hydroxylation is 2. The molecule has 0 atom stereocenters. The number of hydrogen-bond donors (Lipinski definition) is 3. The summed E-state index contributed by atoms with van der Waals surface area (Å²) in [4.78, 5) is 0.0801. The zero-order chi connectivity index (χ0) is 15.6. The Balaban J connectivity index is 2.35. The number of sulfonamides is 1. The van der Waals surface area contributed by atoms with Gasteiger partial charge >= 0.3 is 0 Å². The lowest BCUT2D eigenvalue weighted by atomic mass is 10.1. The van der Waals surface area contributed by atoms with Gasteiger partial charge in [-0.25, -0.2) is 13.1 Å². The SMILES string of the molecule is CNS(=O)(=O)c1ccc(Nc2cc(C)ccc2C)cc1N. The molecule has 0 spiro atoms. The number of nitrogens with two attached hydrogens (primary N) is 1. The van der Waals surface area contributed by atoms with Gasteiger partial charge in [-0.1, -0.05) is 12.1 Å². The van der Waals surface area contributed by atoms with Crippen molar-refractivity contribution < 1.29 is 8.42 Å². The Hall–Kier alpha value is -2.05. The van der Waals surface area contributed by atoms with Crippen molar-refractivity contribution in [3.63, 3.8) is 0 Å². The molecule has 0 saturated heterocycles. The summed E-state index contributed by atoms with van der Waals surface area (Å²) in [6, 6.07) is 10.9. The monoisotopic (exact) mass is 305 g/mol. The second-order valence-electron chi connectivity index (χ2n) is 4.90. The van der Waals surface area contributed by atoms with E-state index in [2.05, 4.69) is 10.0 Å². The zero-order valence-electron chi connectivity index (χ0n) is 12.3. The third kappa shape index (κ3) is 3.34. The fourth-order valence-corrected chi connectivity index (χ4v) is 2.84. The highest BCUT2D eigenvalue weighted by Crippen LogP contribution is 2.26. The molecule has 0 fully saturated rings. The second-order valence-corrected chi connectivity index (χ2v) is 6.76. The van der Waals surface area contributed by atoms with Crippen LogP contribution in [0.5, 0.6) is 0 Å². The van der Waals surface area contributed by atoms with Gasteiger partial charge in [0.2, 0.25) is 10.0 Å². The van der Waals surface area contributed by atoms with Crippen molar-refractivity contribution in [2.24, 2.45) is 0 Å². The molecule has 0 unspecified atom stereocenters. The first kappa shape index (κ1) is 15.3. The summed E-state index contributed by atoms with van der Waals surface area (Å²) in [5, 5.41) is 3.26. The van der Waals surface area contributed by atoms with Gasteiger partial charge in [-0.3, -0.25) is 0 Å². The molecule has 4 N–H and O–H groups in total. The summed E-state index contributed by atoms with van der Waals surface area (Å²) in [6.07, 6.45) is 0. The molecular weight excluding hydrogens is 286 g/mol. The highest BCUT2D eigenvalue weighted by molar-refractivity contribution is 7.89. The lowest BCUT2D eigenvalue weighted by molar-refractivity contribution is 0.588. The summed E-state index contributed by atoms with van der Waals surface area (Å²) in [5.74, 6) is 0. The molecule has 2 rings (SSSR count). The van der Waals surface area contributed by atoms with Crippen LogP contribution in [0.1, 0.15) is 11.1 Å². The molecule has 21 heavy (non-hydrogen) atoms. The topological polar surface area (TPSA) is 84.2 Å².